The van der Waals surface area contributed by atoms with Crippen molar-refractivity contribution in [1.29, 1.82) is 0 Å². The molecule has 9 heteroatoms. The van der Waals surface area contributed by atoms with Crippen LogP contribution in [0.15, 0.2) is 42.5 Å². The minimum Gasteiger partial charge on any atom is -0.478 e. The Bertz CT molecular complexity index is 1010. The van der Waals surface area contributed by atoms with Crippen molar-refractivity contribution >= 4 is 23.3 Å². The van der Waals surface area contributed by atoms with Gasteiger partial charge in [0.05, 0.1) is 6.04 Å². The lowest BCUT2D eigenvalue weighted by Crippen LogP contribution is -2.53. The van der Waals surface area contributed by atoms with Gasteiger partial charge >= 0.3 is 12.2 Å². The van der Waals surface area contributed by atoms with Crippen molar-refractivity contribution in [3.8, 4) is 5.75 Å². The standard InChI is InChI=1S/C21H20F3N3O3/c1-20(21(22,23)24)11-16(14-4-2-3-5-17(14)30-20)27-19(29)25-13-8-6-12-7-9-18(28)26-15(12)10-13/h2-6,8,10,16H,7,9,11H2,1H3,(H,26,28)(H2,25,27,29)/t16-,20-/m1/s1. The number of nitrogens with one attached hydrogen (secondary N) is 3. The van der Waals surface area contributed by atoms with E-state index in [4.69, 9.17) is 4.74 Å². The molecule has 2 atom stereocenters. The Morgan fingerprint density at radius 1 is 1.20 bits per heavy atom. The van der Waals surface area contributed by atoms with E-state index in [9.17, 15) is 22.8 Å². The molecule has 0 aliphatic carbocycles. The Morgan fingerprint density at radius 2 is 1.97 bits per heavy atom. The summed E-state index contributed by atoms with van der Waals surface area (Å²) in [6.07, 6.45) is -4.04. The molecule has 2 aliphatic rings. The molecule has 0 radical (unpaired) electrons. The zero-order valence-electron chi connectivity index (χ0n) is 16.1. The van der Waals surface area contributed by atoms with E-state index in [1.807, 2.05) is 0 Å². The van der Waals surface area contributed by atoms with Gasteiger partial charge in [0.2, 0.25) is 11.5 Å². The van der Waals surface area contributed by atoms with Crippen molar-refractivity contribution in [2.24, 2.45) is 0 Å². The van der Waals surface area contributed by atoms with Crippen LogP contribution in [0.5, 0.6) is 5.75 Å². The lowest BCUT2D eigenvalue weighted by atomic mass is 9.88. The van der Waals surface area contributed by atoms with Crippen LogP contribution < -0.4 is 20.7 Å². The van der Waals surface area contributed by atoms with Crippen molar-refractivity contribution in [2.75, 3.05) is 10.6 Å². The average molecular weight is 419 g/mol. The fraction of sp³-hybridized carbons (Fsp3) is 0.333. The molecule has 30 heavy (non-hydrogen) atoms. The molecule has 0 spiro atoms. The summed E-state index contributed by atoms with van der Waals surface area (Å²) in [6, 6.07) is 9.92. The molecule has 0 fully saturated rings. The van der Waals surface area contributed by atoms with Gasteiger partial charge in [0, 0.05) is 29.8 Å². The van der Waals surface area contributed by atoms with E-state index >= 15 is 0 Å². The van der Waals surface area contributed by atoms with Crippen LogP contribution in [0.25, 0.3) is 0 Å². The second-order valence-corrected chi connectivity index (χ2v) is 7.64. The van der Waals surface area contributed by atoms with E-state index in [1.54, 1.807) is 36.4 Å². The van der Waals surface area contributed by atoms with Crippen LogP contribution in [0.3, 0.4) is 0 Å². The number of hydrogen-bond donors (Lipinski definition) is 3. The third-order valence-corrected chi connectivity index (χ3v) is 5.39. The van der Waals surface area contributed by atoms with Crippen molar-refractivity contribution in [3.63, 3.8) is 0 Å². The molecule has 158 valence electrons. The minimum absolute atomic E-state index is 0.0883. The largest absolute Gasteiger partial charge is 0.478 e. The molecular weight excluding hydrogens is 399 g/mol. The summed E-state index contributed by atoms with van der Waals surface area (Å²) < 4.78 is 46.0. The zero-order chi connectivity index (χ0) is 21.5. The van der Waals surface area contributed by atoms with Gasteiger partial charge in [-0.2, -0.15) is 13.2 Å². The molecule has 0 saturated heterocycles. The van der Waals surface area contributed by atoms with Gasteiger partial charge in [-0.25, -0.2) is 4.79 Å². The van der Waals surface area contributed by atoms with Gasteiger partial charge in [0.25, 0.3) is 0 Å². The van der Waals surface area contributed by atoms with E-state index in [0.717, 1.165) is 12.5 Å². The topological polar surface area (TPSA) is 79.5 Å². The number of halogens is 3. The smallest absolute Gasteiger partial charge is 0.428 e. The zero-order valence-corrected chi connectivity index (χ0v) is 16.1. The third-order valence-electron chi connectivity index (χ3n) is 5.39. The molecule has 0 aromatic heterocycles. The molecule has 4 rings (SSSR count). The monoisotopic (exact) mass is 419 g/mol. The van der Waals surface area contributed by atoms with Crippen LogP contribution in [0.1, 0.15) is 36.9 Å². The van der Waals surface area contributed by atoms with Gasteiger partial charge in [0.1, 0.15) is 5.75 Å². The number of fused-ring (bicyclic) bond motifs is 2. The van der Waals surface area contributed by atoms with Gasteiger partial charge in [0.15, 0.2) is 0 Å². The number of carbonyl (C=O) groups excluding carboxylic acids is 2. The van der Waals surface area contributed by atoms with Crippen molar-refractivity contribution in [2.45, 2.75) is 44.0 Å². The predicted octanol–water partition coefficient (Wildman–Crippen LogP) is 4.54. The second kappa shape index (κ2) is 7.23. The quantitative estimate of drug-likeness (QED) is 0.669. The van der Waals surface area contributed by atoms with Crippen molar-refractivity contribution in [3.05, 3.63) is 53.6 Å². The first-order valence-electron chi connectivity index (χ1n) is 9.50. The molecule has 2 aromatic rings. The number of para-hydroxylation sites is 1. The van der Waals surface area contributed by atoms with Crippen LogP contribution in [0, 0.1) is 0 Å². The number of aryl methyl sites for hydroxylation is 1. The summed E-state index contributed by atoms with van der Waals surface area (Å²) in [4.78, 5) is 24.1. The highest BCUT2D eigenvalue weighted by Crippen LogP contribution is 2.46. The molecule has 0 unspecified atom stereocenters. The fourth-order valence-electron chi connectivity index (χ4n) is 3.72. The van der Waals surface area contributed by atoms with Crippen LogP contribution in [0.2, 0.25) is 0 Å². The average Bonchev–Trinajstić information content (AvgIpc) is 2.66. The number of hydrogen-bond acceptors (Lipinski definition) is 3. The molecule has 6 nitrogen and oxygen atoms in total. The predicted molar refractivity (Wildman–Crippen MR) is 104 cm³/mol. The summed E-state index contributed by atoms with van der Waals surface area (Å²) >= 11 is 0. The molecular formula is C21H20F3N3O3. The number of benzene rings is 2. The van der Waals surface area contributed by atoms with E-state index in [2.05, 4.69) is 16.0 Å². The number of amides is 3. The van der Waals surface area contributed by atoms with E-state index < -0.39 is 30.3 Å². The summed E-state index contributed by atoms with van der Waals surface area (Å²) in [5, 5.41) is 7.99. The number of rotatable bonds is 2. The molecule has 3 N–H and O–H groups in total. The summed E-state index contributed by atoms with van der Waals surface area (Å²) in [5.74, 6) is -0.0141. The Hall–Kier alpha value is -3.23. The van der Waals surface area contributed by atoms with Crippen LogP contribution in [-0.4, -0.2) is 23.7 Å². The maximum Gasteiger partial charge on any atom is 0.428 e. The van der Waals surface area contributed by atoms with Crippen LogP contribution in [-0.2, 0) is 11.2 Å². The first kappa shape index (κ1) is 20.1. The lowest BCUT2D eigenvalue weighted by Gasteiger charge is -2.40. The van der Waals surface area contributed by atoms with Crippen LogP contribution >= 0.6 is 0 Å². The number of urea groups is 1. The first-order chi connectivity index (χ1) is 14.1. The van der Waals surface area contributed by atoms with E-state index in [0.29, 0.717) is 29.8 Å². The SMILES string of the molecule is C[C@]1(C(F)(F)F)C[C@@H](NC(=O)Nc2ccc3c(c2)NC(=O)CC3)c2ccccc2O1. The Balaban J connectivity index is 1.52. The number of carbonyl (C=O) groups is 2. The van der Waals surface area contributed by atoms with Crippen molar-refractivity contribution in [1.82, 2.24) is 5.32 Å². The Kier molecular flexibility index (Phi) is 4.83. The highest BCUT2D eigenvalue weighted by molar-refractivity contribution is 5.96. The summed E-state index contributed by atoms with van der Waals surface area (Å²) in [5.41, 5.74) is 0.0551. The van der Waals surface area contributed by atoms with E-state index in [1.165, 1.54) is 6.07 Å². The minimum atomic E-state index is -4.60. The maximum atomic E-state index is 13.6. The van der Waals surface area contributed by atoms with Gasteiger partial charge in [-0.3, -0.25) is 4.79 Å². The van der Waals surface area contributed by atoms with Gasteiger partial charge < -0.3 is 20.7 Å². The first-order valence-corrected chi connectivity index (χ1v) is 9.50. The van der Waals surface area contributed by atoms with Crippen LogP contribution in [0.4, 0.5) is 29.3 Å². The van der Waals surface area contributed by atoms with Crippen molar-refractivity contribution < 1.29 is 27.5 Å². The molecule has 0 saturated carbocycles. The Labute approximate surface area is 170 Å². The molecule has 0 bridgehead atoms. The molecule has 2 aromatic carbocycles. The summed E-state index contributed by atoms with van der Waals surface area (Å²) in [7, 11) is 0. The lowest BCUT2D eigenvalue weighted by molar-refractivity contribution is -0.249. The van der Waals surface area contributed by atoms with Gasteiger partial charge in [-0.15, -0.1) is 0 Å². The molecule has 2 heterocycles. The second-order valence-electron chi connectivity index (χ2n) is 7.64. The third kappa shape index (κ3) is 3.79. The fourth-order valence-corrected chi connectivity index (χ4v) is 3.72. The Morgan fingerprint density at radius 3 is 2.73 bits per heavy atom. The van der Waals surface area contributed by atoms with Gasteiger partial charge in [-0.1, -0.05) is 24.3 Å². The number of alkyl halides is 3. The normalized spacial score (nSPS) is 22.8. The highest BCUT2D eigenvalue weighted by Gasteiger charge is 2.57. The maximum absolute atomic E-state index is 13.6. The van der Waals surface area contributed by atoms with E-state index in [-0.39, 0.29) is 11.7 Å². The van der Waals surface area contributed by atoms with Gasteiger partial charge in [-0.05, 0) is 37.1 Å². The molecule has 2 aliphatic heterocycles. The molecule has 3 amide bonds. The number of anilines is 2. The highest BCUT2D eigenvalue weighted by atomic mass is 19.4. The number of ether oxygens (including phenoxy) is 1. The summed E-state index contributed by atoms with van der Waals surface area (Å²) in [6.45, 7) is 0.974.